The zero-order valence-electron chi connectivity index (χ0n) is 16.6. The fourth-order valence-electron chi connectivity index (χ4n) is 2.69. The first-order chi connectivity index (χ1) is 13.0. The molecule has 5 heteroatoms. The molecule has 1 unspecified atom stereocenters. The highest BCUT2D eigenvalue weighted by Crippen LogP contribution is 2.12. The van der Waals surface area contributed by atoms with Crippen molar-refractivity contribution in [3.8, 4) is 0 Å². The number of carbonyl (C=O) groups is 2. The summed E-state index contributed by atoms with van der Waals surface area (Å²) >= 11 is 5.73. The lowest BCUT2D eigenvalue weighted by Crippen LogP contribution is -2.26. The normalized spacial score (nSPS) is 11.8. The molecule has 1 aromatic carbocycles. The molecular weight excluding hydrogens is 364 g/mol. The first-order valence-electron chi connectivity index (χ1n) is 10.1. The van der Waals surface area contributed by atoms with Crippen LogP contribution in [0.4, 0.5) is 0 Å². The summed E-state index contributed by atoms with van der Waals surface area (Å²) in [5.41, 5.74) is 0.300. The Morgan fingerprint density at radius 1 is 1.00 bits per heavy atom. The molecule has 27 heavy (non-hydrogen) atoms. The molecule has 0 aromatic heterocycles. The zero-order chi connectivity index (χ0) is 19.9. The number of unbranched alkanes of at least 4 members (excludes halogenated alkanes) is 9. The third kappa shape index (κ3) is 11.0. The van der Waals surface area contributed by atoms with Gasteiger partial charge in [-0.05, 0) is 31.5 Å². The minimum Gasteiger partial charge on any atom is -0.463 e. The van der Waals surface area contributed by atoms with Crippen molar-refractivity contribution in [3.05, 3.63) is 34.9 Å². The number of esters is 2. The predicted molar refractivity (Wildman–Crippen MR) is 108 cm³/mol. The number of benzene rings is 1. The second-order valence-electron chi connectivity index (χ2n) is 6.82. The molecule has 0 fully saturated rings. The van der Waals surface area contributed by atoms with E-state index in [0.29, 0.717) is 17.2 Å². The number of halogens is 1. The second kappa shape index (κ2) is 14.5. The Morgan fingerprint density at radius 3 is 2.15 bits per heavy atom. The van der Waals surface area contributed by atoms with E-state index in [-0.39, 0.29) is 0 Å². The van der Waals surface area contributed by atoms with Crippen LogP contribution in [0.3, 0.4) is 0 Å². The smallest absolute Gasteiger partial charge is 0.347 e. The van der Waals surface area contributed by atoms with Gasteiger partial charge in [0.15, 0.2) is 6.10 Å². The molecule has 0 N–H and O–H groups in total. The summed E-state index contributed by atoms with van der Waals surface area (Å²) in [7, 11) is 0. The van der Waals surface area contributed by atoms with Crippen molar-refractivity contribution in [2.45, 2.75) is 84.2 Å². The molecule has 0 bridgehead atoms. The minimum absolute atomic E-state index is 0.300. The Kier molecular flexibility index (Phi) is 12.6. The molecule has 0 aliphatic heterocycles. The van der Waals surface area contributed by atoms with E-state index in [4.69, 9.17) is 21.1 Å². The Balaban J connectivity index is 2.05. The third-order valence-corrected chi connectivity index (χ3v) is 4.60. The quantitative estimate of drug-likeness (QED) is 0.280. The molecule has 1 aromatic rings. The Hall–Kier alpha value is -1.55. The van der Waals surface area contributed by atoms with Crippen molar-refractivity contribution in [3.63, 3.8) is 0 Å². The summed E-state index contributed by atoms with van der Waals surface area (Å²) in [6.07, 6.45) is 11.3. The van der Waals surface area contributed by atoms with Gasteiger partial charge in [-0.3, -0.25) is 0 Å². The van der Waals surface area contributed by atoms with Crippen LogP contribution in [0, 0.1) is 6.07 Å². The molecule has 0 amide bonds. The van der Waals surface area contributed by atoms with E-state index >= 15 is 0 Å². The minimum atomic E-state index is -0.934. The van der Waals surface area contributed by atoms with E-state index in [1.807, 2.05) is 0 Å². The fourth-order valence-corrected chi connectivity index (χ4v) is 2.81. The predicted octanol–water partition coefficient (Wildman–Crippen LogP) is 6.15. The number of ether oxygens (including phenoxy) is 2. The van der Waals surface area contributed by atoms with Crippen LogP contribution in [-0.4, -0.2) is 24.6 Å². The van der Waals surface area contributed by atoms with Gasteiger partial charge in [0.25, 0.3) is 0 Å². The summed E-state index contributed by atoms with van der Waals surface area (Å²) in [5.74, 6) is -1.11. The molecule has 1 radical (unpaired) electrons. The lowest BCUT2D eigenvalue weighted by Gasteiger charge is -2.13. The van der Waals surface area contributed by atoms with Crippen LogP contribution in [-0.2, 0) is 14.3 Å². The van der Waals surface area contributed by atoms with Gasteiger partial charge < -0.3 is 9.47 Å². The summed E-state index contributed by atoms with van der Waals surface area (Å²) in [6.45, 7) is 4.11. The molecule has 0 spiro atoms. The van der Waals surface area contributed by atoms with E-state index in [0.717, 1.165) is 12.8 Å². The Bertz CT molecular complexity index is 542. The molecule has 1 atom stereocenters. The van der Waals surface area contributed by atoms with Gasteiger partial charge in [0.2, 0.25) is 0 Å². The lowest BCUT2D eigenvalue weighted by molar-refractivity contribution is -0.153. The molecular formula is C22H32ClO4. The van der Waals surface area contributed by atoms with Gasteiger partial charge in [0.05, 0.1) is 12.2 Å². The second-order valence-corrected chi connectivity index (χ2v) is 7.23. The zero-order valence-corrected chi connectivity index (χ0v) is 17.4. The number of hydrogen-bond donors (Lipinski definition) is 0. The maximum Gasteiger partial charge on any atom is 0.347 e. The molecule has 0 aliphatic rings. The number of carbonyl (C=O) groups excluding carboxylic acids is 2. The average molecular weight is 396 g/mol. The molecule has 0 aliphatic carbocycles. The van der Waals surface area contributed by atoms with Crippen LogP contribution in [0.1, 0.15) is 88.4 Å². The van der Waals surface area contributed by atoms with Crippen molar-refractivity contribution < 1.29 is 19.1 Å². The van der Waals surface area contributed by atoms with Crippen molar-refractivity contribution >= 4 is 23.5 Å². The van der Waals surface area contributed by atoms with E-state index in [1.165, 1.54) is 70.4 Å². The molecule has 1 rings (SSSR count). The fraction of sp³-hybridized carbons (Fsp3) is 0.636. The monoisotopic (exact) mass is 395 g/mol. The van der Waals surface area contributed by atoms with Crippen LogP contribution in [0.15, 0.2) is 18.2 Å². The van der Waals surface area contributed by atoms with E-state index < -0.39 is 18.0 Å². The van der Waals surface area contributed by atoms with Gasteiger partial charge in [-0.1, -0.05) is 76.3 Å². The van der Waals surface area contributed by atoms with Crippen LogP contribution in [0.25, 0.3) is 0 Å². The molecule has 0 saturated heterocycles. The van der Waals surface area contributed by atoms with Crippen molar-refractivity contribution in [2.75, 3.05) is 6.61 Å². The van der Waals surface area contributed by atoms with E-state index in [9.17, 15) is 9.59 Å². The van der Waals surface area contributed by atoms with Gasteiger partial charge in [0, 0.05) is 11.1 Å². The molecule has 0 heterocycles. The molecule has 4 nitrogen and oxygen atoms in total. The van der Waals surface area contributed by atoms with Gasteiger partial charge in [-0.15, -0.1) is 0 Å². The number of hydrogen-bond acceptors (Lipinski definition) is 4. The highest BCUT2D eigenvalue weighted by molar-refractivity contribution is 6.30. The van der Waals surface area contributed by atoms with Gasteiger partial charge >= 0.3 is 11.9 Å². The first kappa shape index (κ1) is 23.5. The Labute approximate surface area is 168 Å². The SMILES string of the molecule is CCCCCCCCCCCCOC(=O)C(C)OC(=O)c1c[c]c(Cl)cc1. The molecule has 0 saturated carbocycles. The summed E-state index contributed by atoms with van der Waals surface area (Å²) in [5, 5.41) is 0.413. The maximum absolute atomic E-state index is 11.9. The third-order valence-electron chi connectivity index (χ3n) is 4.37. The average Bonchev–Trinajstić information content (AvgIpc) is 2.66. The lowest BCUT2D eigenvalue weighted by atomic mass is 10.1. The van der Waals surface area contributed by atoms with Crippen LogP contribution >= 0.6 is 11.6 Å². The van der Waals surface area contributed by atoms with Crippen LogP contribution in [0.5, 0.6) is 0 Å². The van der Waals surface area contributed by atoms with Gasteiger partial charge in [0.1, 0.15) is 0 Å². The van der Waals surface area contributed by atoms with Crippen molar-refractivity contribution in [2.24, 2.45) is 0 Å². The topological polar surface area (TPSA) is 52.6 Å². The van der Waals surface area contributed by atoms with E-state index in [1.54, 1.807) is 6.07 Å². The largest absolute Gasteiger partial charge is 0.463 e. The van der Waals surface area contributed by atoms with Crippen molar-refractivity contribution in [1.82, 2.24) is 0 Å². The van der Waals surface area contributed by atoms with E-state index in [2.05, 4.69) is 13.0 Å². The summed E-state index contributed by atoms with van der Waals surface area (Å²) in [6, 6.07) is 7.22. The molecule has 151 valence electrons. The Morgan fingerprint density at radius 2 is 1.59 bits per heavy atom. The van der Waals surface area contributed by atoms with Crippen LogP contribution in [0.2, 0.25) is 5.02 Å². The van der Waals surface area contributed by atoms with Gasteiger partial charge in [-0.25, -0.2) is 9.59 Å². The number of rotatable bonds is 14. The maximum atomic E-state index is 11.9. The highest BCUT2D eigenvalue weighted by Gasteiger charge is 2.20. The van der Waals surface area contributed by atoms with Crippen LogP contribution < -0.4 is 0 Å². The standard InChI is InChI=1S/C22H32ClO4/c1-3-4-5-6-7-8-9-10-11-12-17-26-21(24)18(2)27-22(25)19-13-15-20(23)16-14-19/h13-15,18H,3-12,17H2,1-2H3. The summed E-state index contributed by atoms with van der Waals surface area (Å²) in [4.78, 5) is 23.8. The highest BCUT2D eigenvalue weighted by atomic mass is 35.5. The van der Waals surface area contributed by atoms with Gasteiger partial charge in [-0.2, -0.15) is 0 Å². The van der Waals surface area contributed by atoms with Crippen molar-refractivity contribution in [1.29, 1.82) is 0 Å². The summed E-state index contributed by atoms with van der Waals surface area (Å²) < 4.78 is 10.3. The first-order valence-corrected chi connectivity index (χ1v) is 10.5.